The van der Waals surface area contributed by atoms with Gasteiger partial charge < -0.3 is 10.2 Å². The SMILES string of the molecule is O=c1[nH]c(=O)n(C[C@H]2[C@@H](F)C2(CO)CO)cc1F. The van der Waals surface area contributed by atoms with Crippen molar-refractivity contribution in [1.82, 2.24) is 9.55 Å². The smallest absolute Gasteiger partial charge is 0.328 e. The Labute approximate surface area is 99.5 Å². The van der Waals surface area contributed by atoms with E-state index in [1.807, 2.05) is 0 Å². The van der Waals surface area contributed by atoms with Crippen molar-refractivity contribution in [3.05, 3.63) is 32.9 Å². The molecule has 1 aliphatic rings. The monoisotopic (exact) mass is 262 g/mol. The molecule has 0 bridgehead atoms. The highest BCUT2D eigenvalue weighted by atomic mass is 19.1. The van der Waals surface area contributed by atoms with Gasteiger partial charge in [0.15, 0.2) is 0 Å². The van der Waals surface area contributed by atoms with Crippen LogP contribution >= 0.6 is 0 Å². The van der Waals surface area contributed by atoms with Crippen molar-refractivity contribution in [2.45, 2.75) is 12.7 Å². The predicted octanol–water partition coefficient (Wildman–Crippen LogP) is -1.39. The van der Waals surface area contributed by atoms with Crippen LogP contribution in [0.25, 0.3) is 0 Å². The Balaban J connectivity index is 2.25. The number of rotatable bonds is 4. The third kappa shape index (κ3) is 1.77. The molecule has 6 nitrogen and oxygen atoms in total. The first-order valence-electron chi connectivity index (χ1n) is 5.31. The van der Waals surface area contributed by atoms with Crippen LogP contribution in [-0.4, -0.2) is 39.1 Å². The molecule has 0 radical (unpaired) electrons. The Morgan fingerprint density at radius 2 is 2.00 bits per heavy atom. The maximum Gasteiger partial charge on any atom is 0.328 e. The van der Waals surface area contributed by atoms with E-state index in [-0.39, 0.29) is 6.54 Å². The van der Waals surface area contributed by atoms with E-state index in [9.17, 15) is 18.4 Å². The van der Waals surface area contributed by atoms with Crippen LogP contribution in [0.15, 0.2) is 15.8 Å². The van der Waals surface area contributed by atoms with Crippen molar-refractivity contribution in [3.63, 3.8) is 0 Å². The molecule has 3 N–H and O–H groups in total. The molecule has 1 saturated carbocycles. The third-order valence-electron chi connectivity index (χ3n) is 3.48. The van der Waals surface area contributed by atoms with Gasteiger partial charge in [-0.2, -0.15) is 4.39 Å². The van der Waals surface area contributed by atoms with E-state index < -0.39 is 47.8 Å². The molecule has 1 aromatic rings. The Morgan fingerprint density at radius 1 is 1.39 bits per heavy atom. The molecule has 0 aromatic carbocycles. The van der Waals surface area contributed by atoms with Crippen molar-refractivity contribution >= 4 is 0 Å². The van der Waals surface area contributed by atoms with Gasteiger partial charge in [0.1, 0.15) is 6.17 Å². The minimum Gasteiger partial charge on any atom is -0.396 e. The number of alkyl halides is 1. The number of aromatic amines is 1. The minimum absolute atomic E-state index is 0.213. The summed E-state index contributed by atoms with van der Waals surface area (Å²) in [4.78, 5) is 23.9. The minimum atomic E-state index is -1.46. The molecule has 2 rings (SSSR count). The van der Waals surface area contributed by atoms with E-state index in [2.05, 4.69) is 0 Å². The highest BCUT2D eigenvalue weighted by Crippen LogP contribution is 2.55. The normalized spacial score (nSPS) is 25.1. The van der Waals surface area contributed by atoms with Crippen LogP contribution in [0, 0.1) is 17.2 Å². The van der Waals surface area contributed by atoms with Crippen molar-refractivity contribution < 1.29 is 19.0 Å². The maximum atomic E-state index is 13.5. The number of hydrogen-bond acceptors (Lipinski definition) is 4. The fourth-order valence-corrected chi connectivity index (χ4v) is 2.09. The van der Waals surface area contributed by atoms with Gasteiger partial charge in [0, 0.05) is 12.5 Å². The number of nitrogens with one attached hydrogen (secondary N) is 1. The third-order valence-corrected chi connectivity index (χ3v) is 3.48. The van der Waals surface area contributed by atoms with Crippen LogP contribution in [0.5, 0.6) is 0 Å². The first-order valence-corrected chi connectivity index (χ1v) is 5.31. The van der Waals surface area contributed by atoms with Gasteiger partial charge in [0.05, 0.1) is 24.8 Å². The van der Waals surface area contributed by atoms with Crippen LogP contribution in [0.3, 0.4) is 0 Å². The molecular weight excluding hydrogens is 250 g/mol. The molecule has 1 fully saturated rings. The zero-order chi connectivity index (χ0) is 13.5. The Kier molecular flexibility index (Phi) is 3.07. The highest BCUT2D eigenvalue weighted by Gasteiger charge is 2.65. The van der Waals surface area contributed by atoms with E-state index in [1.54, 1.807) is 4.98 Å². The van der Waals surface area contributed by atoms with Gasteiger partial charge in [-0.3, -0.25) is 14.3 Å². The predicted molar refractivity (Wildman–Crippen MR) is 56.3 cm³/mol. The molecule has 0 spiro atoms. The molecule has 100 valence electrons. The molecular formula is C10H12F2N2O4. The fourth-order valence-electron chi connectivity index (χ4n) is 2.09. The zero-order valence-electron chi connectivity index (χ0n) is 9.27. The van der Waals surface area contributed by atoms with Gasteiger partial charge >= 0.3 is 5.69 Å². The van der Waals surface area contributed by atoms with Gasteiger partial charge in [-0.1, -0.05) is 0 Å². The topological polar surface area (TPSA) is 95.3 Å². The van der Waals surface area contributed by atoms with E-state index in [4.69, 9.17) is 10.2 Å². The first-order chi connectivity index (χ1) is 8.46. The summed E-state index contributed by atoms with van der Waals surface area (Å²) in [6.45, 7) is -1.33. The van der Waals surface area contributed by atoms with Crippen LogP contribution in [0.1, 0.15) is 0 Å². The number of aliphatic hydroxyl groups excluding tert-OH is 2. The van der Waals surface area contributed by atoms with Crippen molar-refractivity contribution in [1.29, 1.82) is 0 Å². The quantitative estimate of drug-likeness (QED) is 0.623. The average Bonchev–Trinajstić information content (AvgIpc) is 2.91. The Bertz CT molecular complexity index is 564. The molecule has 0 aliphatic heterocycles. The Hall–Kier alpha value is -1.54. The summed E-state index contributed by atoms with van der Waals surface area (Å²) >= 11 is 0. The summed E-state index contributed by atoms with van der Waals surface area (Å²) in [5.41, 5.74) is -3.28. The summed E-state index contributed by atoms with van der Waals surface area (Å²) in [6.07, 6.45) is -0.777. The molecule has 1 aromatic heterocycles. The number of nitrogens with zero attached hydrogens (tertiary/aromatic N) is 1. The zero-order valence-corrected chi connectivity index (χ0v) is 9.27. The van der Waals surface area contributed by atoms with Crippen LogP contribution in [-0.2, 0) is 6.54 Å². The summed E-state index contributed by atoms with van der Waals surface area (Å²) < 4.78 is 27.3. The molecule has 8 heteroatoms. The maximum absolute atomic E-state index is 13.5. The number of aliphatic hydroxyl groups is 2. The lowest BCUT2D eigenvalue weighted by atomic mass is 10.1. The first kappa shape index (κ1) is 12.9. The standard InChI is InChI=1S/C10H12F2N2O4/c11-6-2-14(9(18)13-8(6)17)1-5-7(12)10(5,3-15)4-16/h2,5,7,15-16H,1,3-4H2,(H,13,17,18)/t5-,7+/m0/s1. The molecule has 0 amide bonds. The van der Waals surface area contributed by atoms with Gasteiger partial charge in [-0.15, -0.1) is 0 Å². The van der Waals surface area contributed by atoms with Gasteiger partial charge in [-0.05, 0) is 0 Å². The molecule has 0 saturated heterocycles. The number of H-pyrrole nitrogens is 1. The molecule has 18 heavy (non-hydrogen) atoms. The lowest BCUT2D eigenvalue weighted by molar-refractivity contribution is 0.105. The lowest BCUT2D eigenvalue weighted by Crippen LogP contribution is -2.32. The largest absolute Gasteiger partial charge is 0.396 e. The van der Waals surface area contributed by atoms with Crippen molar-refractivity contribution in [2.24, 2.45) is 11.3 Å². The summed E-state index contributed by atoms with van der Waals surface area (Å²) in [7, 11) is 0. The molecule has 1 aliphatic carbocycles. The van der Waals surface area contributed by atoms with Crippen molar-refractivity contribution in [3.8, 4) is 0 Å². The summed E-state index contributed by atoms with van der Waals surface area (Å²) in [5, 5.41) is 18.0. The summed E-state index contributed by atoms with van der Waals surface area (Å²) in [5.74, 6) is -1.93. The second-order valence-corrected chi connectivity index (χ2v) is 4.45. The number of aromatic nitrogens is 2. The van der Waals surface area contributed by atoms with Crippen LogP contribution in [0.4, 0.5) is 8.78 Å². The van der Waals surface area contributed by atoms with Gasteiger partial charge in [0.2, 0.25) is 5.82 Å². The second-order valence-electron chi connectivity index (χ2n) is 4.45. The molecule has 0 unspecified atom stereocenters. The average molecular weight is 262 g/mol. The second kappa shape index (κ2) is 4.29. The van der Waals surface area contributed by atoms with Crippen LogP contribution in [0.2, 0.25) is 0 Å². The van der Waals surface area contributed by atoms with Crippen molar-refractivity contribution in [2.75, 3.05) is 13.2 Å². The van der Waals surface area contributed by atoms with Crippen LogP contribution < -0.4 is 11.2 Å². The lowest BCUT2D eigenvalue weighted by Gasteiger charge is -2.09. The molecule has 2 atom stereocenters. The van der Waals surface area contributed by atoms with E-state index in [0.717, 1.165) is 4.57 Å². The van der Waals surface area contributed by atoms with E-state index >= 15 is 0 Å². The fraction of sp³-hybridized carbons (Fsp3) is 0.600. The van der Waals surface area contributed by atoms with Gasteiger partial charge in [0.25, 0.3) is 5.56 Å². The van der Waals surface area contributed by atoms with E-state index in [1.165, 1.54) is 0 Å². The number of hydrogen-bond donors (Lipinski definition) is 3. The Morgan fingerprint density at radius 3 is 2.50 bits per heavy atom. The highest BCUT2D eigenvalue weighted by molar-refractivity contribution is 5.11. The summed E-state index contributed by atoms with van der Waals surface area (Å²) in [6, 6.07) is 0. The van der Waals surface area contributed by atoms with Gasteiger partial charge in [-0.25, -0.2) is 9.18 Å². The molecule has 1 heterocycles. The van der Waals surface area contributed by atoms with E-state index in [0.29, 0.717) is 6.20 Å². The number of halogens is 2.